The van der Waals surface area contributed by atoms with E-state index in [0.29, 0.717) is 17.1 Å². The van der Waals surface area contributed by atoms with Gasteiger partial charge in [0.2, 0.25) is 5.75 Å². The molecule has 0 atom stereocenters. The highest BCUT2D eigenvalue weighted by atomic mass is 16.5. The van der Waals surface area contributed by atoms with Crippen LogP contribution in [0.1, 0.15) is 5.56 Å². The van der Waals surface area contributed by atoms with Crippen molar-refractivity contribution in [1.29, 1.82) is 0 Å². The fraction of sp³-hybridized carbons (Fsp3) is 0.0526. The van der Waals surface area contributed by atoms with Crippen LogP contribution in [0.25, 0.3) is 0 Å². The molecule has 0 aliphatic rings. The van der Waals surface area contributed by atoms with E-state index in [1.807, 2.05) is 36.4 Å². The van der Waals surface area contributed by atoms with Crippen LogP contribution in [0.3, 0.4) is 0 Å². The molecule has 0 fully saturated rings. The lowest BCUT2D eigenvalue weighted by Gasteiger charge is -2.15. The Balaban J connectivity index is 1.95. The second-order valence-electron chi connectivity index (χ2n) is 4.89. The van der Waals surface area contributed by atoms with Crippen molar-refractivity contribution in [3.05, 3.63) is 78.4 Å². The van der Waals surface area contributed by atoms with Crippen LogP contribution in [-0.4, -0.2) is 10.2 Å². The molecule has 23 heavy (non-hydrogen) atoms. The summed E-state index contributed by atoms with van der Waals surface area (Å²) in [4.78, 5) is 0. The molecule has 0 radical (unpaired) electrons. The highest BCUT2D eigenvalue weighted by Gasteiger charge is 2.16. The Morgan fingerprint density at radius 1 is 0.696 bits per heavy atom. The lowest BCUT2D eigenvalue weighted by Crippen LogP contribution is -1.94. The van der Waals surface area contributed by atoms with Crippen LogP contribution in [0.4, 0.5) is 0 Å². The Morgan fingerprint density at radius 3 is 1.83 bits per heavy atom. The molecule has 0 aliphatic heterocycles. The van der Waals surface area contributed by atoms with Crippen molar-refractivity contribution in [2.75, 3.05) is 0 Å². The second kappa shape index (κ2) is 6.85. The molecule has 0 heterocycles. The van der Waals surface area contributed by atoms with Crippen LogP contribution < -0.4 is 9.47 Å². The fourth-order valence-electron chi connectivity index (χ4n) is 2.14. The van der Waals surface area contributed by atoms with Gasteiger partial charge in [-0.2, -0.15) is 0 Å². The number of phenolic OH excluding ortho intramolecular Hbond substituents is 1. The van der Waals surface area contributed by atoms with E-state index in [4.69, 9.17) is 9.47 Å². The minimum Gasteiger partial charge on any atom is -0.502 e. The average Bonchev–Trinajstić information content (AvgIpc) is 2.60. The zero-order valence-electron chi connectivity index (χ0n) is 12.3. The van der Waals surface area contributed by atoms with Crippen molar-refractivity contribution in [3.8, 4) is 28.7 Å². The number of hydrogen-bond donors (Lipinski definition) is 2. The third-order valence-electron chi connectivity index (χ3n) is 3.28. The molecule has 0 saturated carbocycles. The summed E-state index contributed by atoms with van der Waals surface area (Å²) in [6.07, 6.45) is 0. The summed E-state index contributed by atoms with van der Waals surface area (Å²) in [7, 11) is 0. The van der Waals surface area contributed by atoms with E-state index in [1.54, 1.807) is 36.4 Å². The number of benzene rings is 3. The standard InChI is InChI=1S/C19H16O4/c20-13-14-11-12-17(22-15-7-3-1-4-8-15)18(21)19(14)23-16-9-5-2-6-10-16/h1-12,20-21H,13H2. The first kappa shape index (κ1) is 14.9. The number of hydrogen-bond acceptors (Lipinski definition) is 4. The van der Waals surface area contributed by atoms with Crippen LogP contribution >= 0.6 is 0 Å². The van der Waals surface area contributed by atoms with Crippen LogP contribution in [0, 0.1) is 0 Å². The Hall–Kier alpha value is -2.98. The molecule has 0 bridgehead atoms. The largest absolute Gasteiger partial charge is 0.502 e. The average molecular weight is 308 g/mol. The highest BCUT2D eigenvalue weighted by Crippen LogP contribution is 2.43. The minimum absolute atomic E-state index is 0.149. The van der Waals surface area contributed by atoms with Gasteiger partial charge < -0.3 is 19.7 Å². The van der Waals surface area contributed by atoms with Gasteiger partial charge in [0.15, 0.2) is 11.5 Å². The number of aromatic hydroxyl groups is 1. The van der Waals surface area contributed by atoms with Gasteiger partial charge in [0.25, 0.3) is 0 Å². The third kappa shape index (κ3) is 3.44. The van der Waals surface area contributed by atoms with E-state index < -0.39 is 0 Å². The van der Waals surface area contributed by atoms with E-state index in [0.717, 1.165) is 0 Å². The quantitative estimate of drug-likeness (QED) is 0.730. The van der Waals surface area contributed by atoms with Crippen molar-refractivity contribution in [2.45, 2.75) is 6.61 Å². The topological polar surface area (TPSA) is 58.9 Å². The van der Waals surface area contributed by atoms with Gasteiger partial charge in [-0.15, -0.1) is 0 Å². The van der Waals surface area contributed by atoms with Gasteiger partial charge in [0, 0.05) is 5.56 Å². The molecular formula is C19H16O4. The van der Waals surface area contributed by atoms with Crippen molar-refractivity contribution in [2.24, 2.45) is 0 Å². The predicted molar refractivity (Wildman–Crippen MR) is 87.1 cm³/mol. The number of phenols is 1. The monoisotopic (exact) mass is 308 g/mol. The van der Waals surface area contributed by atoms with Gasteiger partial charge in [0.1, 0.15) is 11.5 Å². The number of aliphatic hydroxyl groups excluding tert-OH is 1. The summed E-state index contributed by atoms with van der Waals surface area (Å²) in [5.74, 6) is 1.47. The third-order valence-corrected chi connectivity index (χ3v) is 3.28. The van der Waals surface area contributed by atoms with Gasteiger partial charge in [-0.1, -0.05) is 36.4 Å². The van der Waals surface area contributed by atoms with Gasteiger partial charge >= 0.3 is 0 Å². The van der Waals surface area contributed by atoms with E-state index in [2.05, 4.69) is 0 Å². The summed E-state index contributed by atoms with van der Waals surface area (Å²) >= 11 is 0. The van der Waals surface area contributed by atoms with Crippen molar-refractivity contribution in [3.63, 3.8) is 0 Å². The maximum absolute atomic E-state index is 10.5. The fourth-order valence-corrected chi connectivity index (χ4v) is 2.14. The van der Waals surface area contributed by atoms with E-state index in [-0.39, 0.29) is 23.9 Å². The summed E-state index contributed by atoms with van der Waals surface area (Å²) in [6.45, 7) is -0.249. The second-order valence-corrected chi connectivity index (χ2v) is 4.89. The molecule has 4 nitrogen and oxygen atoms in total. The molecule has 3 rings (SSSR count). The van der Waals surface area contributed by atoms with Crippen LogP contribution in [-0.2, 0) is 6.61 Å². The van der Waals surface area contributed by atoms with Gasteiger partial charge in [0.05, 0.1) is 6.61 Å². The summed E-state index contributed by atoms with van der Waals surface area (Å²) in [6, 6.07) is 21.5. The number of ether oxygens (including phenoxy) is 2. The first-order valence-electron chi connectivity index (χ1n) is 7.19. The smallest absolute Gasteiger partial charge is 0.202 e. The van der Waals surface area contributed by atoms with Crippen LogP contribution in [0.2, 0.25) is 0 Å². The van der Waals surface area contributed by atoms with Crippen LogP contribution in [0.15, 0.2) is 72.8 Å². The molecule has 2 N–H and O–H groups in total. The van der Waals surface area contributed by atoms with Crippen molar-refractivity contribution < 1.29 is 19.7 Å². The molecule has 116 valence electrons. The number of para-hydroxylation sites is 2. The Morgan fingerprint density at radius 2 is 1.26 bits per heavy atom. The lowest BCUT2D eigenvalue weighted by molar-refractivity contribution is 0.273. The molecular weight excluding hydrogens is 292 g/mol. The van der Waals surface area contributed by atoms with E-state index in [9.17, 15) is 10.2 Å². The summed E-state index contributed by atoms with van der Waals surface area (Å²) in [5.41, 5.74) is 0.478. The first-order valence-corrected chi connectivity index (χ1v) is 7.19. The maximum Gasteiger partial charge on any atom is 0.202 e. The van der Waals surface area contributed by atoms with E-state index >= 15 is 0 Å². The molecule has 3 aromatic rings. The van der Waals surface area contributed by atoms with Crippen molar-refractivity contribution >= 4 is 0 Å². The van der Waals surface area contributed by atoms with Gasteiger partial charge in [-0.25, -0.2) is 0 Å². The Labute approximate surface area is 134 Å². The SMILES string of the molecule is OCc1ccc(Oc2ccccc2)c(O)c1Oc1ccccc1. The number of aliphatic hydroxyl groups is 1. The zero-order chi connectivity index (χ0) is 16.1. The Kier molecular flexibility index (Phi) is 4.45. The molecule has 0 aliphatic carbocycles. The molecule has 4 heteroatoms. The normalized spacial score (nSPS) is 10.3. The van der Waals surface area contributed by atoms with Gasteiger partial charge in [-0.05, 0) is 36.4 Å². The summed E-state index contributed by atoms with van der Waals surface area (Å²) in [5, 5.41) is 19.9. The van der Waals surface area contributed by atoms with Gasteiger partial charge in [-0.3, -0.25) is 0 Å². The van der Waals surface area contributed by atoms with Crippen molar-refractivity contribution in [1.82, 2.24) is 0 Å². The summed E-state index contributed by atoms with van der Waals surface area (Å²) < 4.78 is 11.4. The van der Waals surface area contributed by atoms with E-state index in [1.165, 1.54) is 0 Å². The molecule has 3 aromatic carbocycles. The predicted octanol–water partition coefficient (Wildman–Crippen LogP) is 4.47. The highest BCUT2D eigenvalue weighted by molar-refractivity contribution is 5.57. The minimum atomic E-state index is -0.249. The first-order chi connectivity index (χ1) is 11.3. The molecule has 0 aromatic heterocycles. The lowest BCUT2D eigenvalue weighted by atomic mass is 10.1. The molecule has 0 amide bonds. The van der Waals surface area contributed by atoms with Crippen LogP contribution in [0.5, 0.6) is 28.7 Å². The number of rotatable bonds is 5. The molecule has 0 unspecified atom stereocenters. The zero-order valence-corrected chi connectivity index (χ0v) is 12.3. The molecule has 0 spiro atoms. The Bertz CT molecular complexity index is 770. The molecule has 0 saturated heterocycles. The maximum atomic E-state index is 10.5.